The summed E-state index contributed by atoms with van der Waals surface area (Å²) in [5, 5.41) is 4.50. The van der Waals surface area contributed by atoms with E-state index in [9.17, 15) is 9.59 Å². The van der Waals surface area contributed by atoms with Gasteiger partial charge in [-0.2, -0.15) is 9.50 Å². The predicted molar refractivity (Wildman–Crippen MR) is 159 cm³/mol. The predicted octanol–water partition coefficient (Wildman–Crippen LogP) is 5.55. The maximum absolute atomic E-state index is 13.7. The number of thiazole rings is 1. The monoisotopic (exact) mass is 550 g/mol. The minimum atomic E-state index is -0.332. The summed E-state index contributed by atoms with van der Waals surface area (Å²) in [7, 11) is 0. The molecule has 6 rings (SSSR count). The molecule has 3 aromatic carbocycles. The molecule has 1 aliphatic rings. The van der Waals surface area contributed by atoms with E-state index >= 15 is 0 Å². The number of nitrogens with zero attached hydrogens (tertiary/aromatic N) is 4. The Morgan fingerprint density at radius 3 is 2.42 bits per heavy atom. The average molecular weight is 551 g/mol. The van der Waals surface area contributed by atoms with Crippen LogP contribution in [0.1, 0.15) is 49.3 Å². The lowest BCUT2D eigenvalue weighted by atomic mass is 10.1. The lowest BCUT2D eigenvalue weighted by molar-refractivity contribution is -0.113. The Labute approximate surface area is 236 Å². The van der Waals surface area contributed by atoms with Crippen LogP contribution in [0.3, 0.4) is 0 Å². The number of aromatic nitrogens is 3. The molecule has 3 heterocycles. The molecule has 0 spiro atoms. The third-order valence-electron chi connectivity index (χ3n) is 7.15. The zero-order chi connectivity index (χ0) is 27.6. The molecule has 0 saturated heterocycles. The van der Waals surface area contributed by atoms with Gasteiger partial charge < -0.3 is 9.64 Å². The van der Waals surface area contributed by atoms with Gasteiger partial charge in [0, 0.05) is 11.1 Å². The normalized spacial score (nSPS) is 14.2. The van der Waals surface area contributed by atoms with Gasteiger partial charge in [-0.1, -0.05) is 85.6 Å². The van der Waals surface area contributed by atoms with Crippen LogP contribution in [0.25, 0.3) is 21.9 Å². The number of carbonyl (C=O) groups excluding carboxylic acids is 1. The molecule has 0 radical (unpaired) electrons. The maximum Gasteiger partial charge on any atom is 0.291 e. The Morgan fingerprint density at radius 2 is 1.68 bits per heavy atom. The number of hydrogen-bond acceptors (Lipinski definition) is 6. The molecule has 0 unspecified atom stereocenters. The maximum atomic E-state index is 13.7. The molecule has 40 heavy (non-hydrogen) atoms. The van der Waals surface area contributed by atoms with Crippen LogP contribution in [0.15, 0.2) is 77.6 Å². The summed E-state index contributed by atoms with van der Waals surface area (Å²) >= 11 is 1.20. The molecule has 8 heteroatoms. The van der Waals surface area contributed by atoms with Crippen molar-refractivity contribution in [1.82, 2.24) is 14.6 Å². The standard InChI is InChI=1S/C32H30N4O3S/c1-3-4-5-8-19-39-24-17-15-23(16-18-24)29-33-32-36(34-29)31(38)28(40-32)27-25-9-6-7-10-26(25)35(30(27)37)20-22-13-11-21(2)12-14-22/h6-7,9-18H,3-5,8,19-20H2,1-2H3/b28-27-. The van der Waals surface area contributed by atoms with Crippen molar-refractivity contribution < 1.29 is 9.53 Å². The van der Waals surface area contributed by atoms with Gasteiger partial charge in [0.25, 0.3) is 11.5 Å². The molecule has 0 fully saturated rings. The quantitative estimate of drug-likeness (QED) is 0.225. The van der Waals surface area contributed by atoms with Gasteiger partial charge in [0.2, 0.25) is 4.96 Å². The first-order valence-electron chi connectivity index (χ1n) is 13.7. The van der Waals surface area contributed by atoms with Gasteiger partial charge in [0.1, 0.15) is 10.3 Å². The van der Waals surface area contributed by atoms with Crippen LogP contribution in [0.2, 0.25) is 0 Å². The minimum Gasteiger partial charge on any atom is -0.494 e. The number of rotatable bonds is 9. The molecule has 1 aliphatic heterocycles. The van der Waals surface area contributed by atoms with Crippen molar-refractivity contribution in [3.8, 4) is 17.1 Å². The van der Waals surface area contributed by atoms with E-state index in [1.165, 1.54) is 35.1 Å². The SMILES string of the molecule is CCCCCCOc1ccc(-c2nc3s/c(=C4\C(=O)N(Cc5ccc(C)cc5)c5ccccc54)c(=O)n3n2)cc1. The average Bonchev–Trinajstić information content (AvgIpc) is 3.61. The van der Waals surface area contributed by atoms with Crippen LogP contribution >= 0.6 is 11.3 Å². The first kappa shape index (κ1) is 26.0. The number of carbonyl (C=O) groups is 1. The van der Waals surface area contributed by atoms with Gasteiger partial charge in [-0.3, -0.25) is 9.59 Å². The summed E-state index contributed by atoms with van der Waals surface area (Å²) in [6.45, 7) is 5.35. The van der Waals surface area contributed by atoms with Crippen molar-refractivity contribution in [3.05, 3.63) is 104 Å². The van der Waals surface area contributed by atoms with Crippen molar-refractivity contribution in [2.45, 2.75) is 46.1 Å². The molecule has 7 nitrogen and oxygen atoms in total. The topological polar surface area (TPSA) is 76.8 Å². The van der Waals surface area contributed by atoms with Crippen LogP contribution in [0.5, 0.6) is 5.75 Å². The van der Waals surface area contributed by atoms with Crippen molar-refractivity contribution in [2.75, 3.05) is 11.5 Å². The Balaban J connectivity index is 1.30. The van der Waals surface area contributed by atoms with Gasteiger partial charge in [-0.05, 0) is 49.2 Å². The van der Waals surface area contributed by atoms with Crippen LogP contribution in [-0.4, -0.2) is 27.1 Å². The number of benzene rings is 3. The minimum absolute atomic E-state index is 0.186. The largest absolute Gasteiger partial charge is 0.494 e. The van der Waals surface area contributed by atoms with Gasteiger partial charge >= 0.3 is 0 Å². The van der Waals surface area contributed by atoms with E-state index in [1.807, 2.05) is 79.7 Å². The molecule has 2 aromatic heterocycles. The highest BCUT2D eigenvalue weighted by Crippen LogP contribution is 2.36. The molecule has 1 amide bonds. The van der Waals surface area contributed by atoms with Gasteiger partial charge in [-0.25, -0.2) is 0 Å². The summed E-state index contributed by atoms with van der Waals surface area (Å²) in [5.74, 6) is 1.08. The van der Waals surface area contributed by atoms with Crippen molar-refractivity contribution in [2.24, 2.45) is 0 Å². The number of para-hydroxylation sites is 1. The highest BCUT2D eigenvalue weighted by Gasteiger charge is 2.34. The third kappa shape index (κ3) is 4.91. The molecule has 202 valence electrons. The zero-order valence-corrected chi connectivity index (χ0v) is 23.4. The number of hydrogen-bond donors (Lipinski definition) is 0. The fourth-order valence-electron chi connectivity index (χ4n) is 4.96. The number of fused-ring (bicyclic) bond motifs is 2. The molecular weight excluding hydrogens is 520 g/mol. The summed E-state index contributed by atoms with van der Waals surface area (Å²) < 4.78 is 7.50. The Kier molecular flexibility index (Phi) is 7.17. The summed E-state index contributed by atoms with van der Waals surface area (Å²) in [5.41, 5.74) is 4.62. The second-order valence-corrected chi connectivity index (χ2v) is 11.0. The van der Waals surface area contributed by atoms with E-state index in [0.717, 1.165) is 40.1 Å². The lowest BCUT2D eigenvalue weighted by Crippen LogP contribution is -2.32. The Hall–Kier alpha value is -4.30. The zero-order valence-electron chi connectivity index (χ0n) is 22.6. The highest BCUT2D eigenvalue weighted by molar-refractivity contribution is 7.15. The second kappa shape index (κ2) is 11.1. The number of anilines is 1. The summed E-state index contributed by atoms with van der Waals surface area (Å²) in [6, 6.07) is 23.4. The highest BCUT2D eigenvalue weighted by atomic mass is 32.1. The number of ether oxygens (including phenoxy) is 1. The third-order valence-corrected chi connectivity index (χ3v) is 8.18. The first-order valence-corrected chi connectivity index (χ1v) is 14.5. The van der Waals surface area contributed by atoms with Crippen LogP contribution in [-0.2, 0) is 11.3 Å². The summed E-state index contributed by atoms with van der Waals surface area (Å²) in [4.78, 5) is 34.1. The molecular formula is C32H30N4O3S. The molecule has 0 N–H and O–H groups in total. The van der Waals surface area contributed by atoms with Gasteiger partial charge in [0.05, 0.1) is 24.4 Å². The summed E-state index contributed by atoms with van der Waals surface area (Å²) in [6.07, 6.45) is 4.63. The van der Waals surface area contributed by atoms with E-state index in [4.69, 9.17) is 4.74 Å². The first-order chi connectivity index (χ1) is 19.5. The van der Waals surface area contributed by atoms with Crippen molar-refractivity contribution in [3.63, 3.8) is 0 Å². The Morgan fingerprint density at radius 1 is 0.900 bits per heavy atom. The number of unbranched alkanes of at least 4 members (excludes halogenated alkanes) is 3. The Bertz CT molecular complexity index is 1790. The molecule has 0 bridgehead atoms. The van der Waals surface area contributed by atoms with E-state index < -0.39 is 0 Å². The fraction of sp³-hybridized carbons (Fsp3) is 0.250. The molecule has 0 saturated carbocycles. The fourth-order valence-corrected chi connectivity index (χ4v) is 5.96. The van der Waals surface area contributed by atoms with Gasteiger partial charge in [0.15, 0.2) is 5.82 Å². The number of aryl methyl sites for hydroxylation is 1. The van der Waals surface area contributed by atoms with Crippen molar-refractivity contribution >= 4 is 33.5 Å². The smallest absolute Gasteiger partial charge is 0.291 e. The van der Waals surface area contributed by atoms with E-state index in [-0.39, 0.29) is 11.5 Å². The van der Waals surface area contributed by atoms with Gasteiger partial charge in [-0.15, -0.1) is 5.10 Å². The molecule has 0 atom stereocenters. The lowest BCUT2D eigenvalue weighted by Gasteiger charge is -2.17. The van der Waals surface area contributed by atoms with E-state index in [1.54, 1.807) is 4.90 Å². The van der Waals surface area contributed by atoms with E-state index in [2.05, 4.69) is 17.0 Å². The van der Waals surface area contributed by atoms with Crippen LogP contribution in [0, 0.1) is 6.92 Å². The second-order valence-electron chi connectivity index (χ2n) is 10.1. The van der Waals surface area contributed by atoms with Crippen molar-refractivity contribution in [1.29, 1.82) is 0 Å². The molecule has 5 aromatic rings. The van der Waals surface area contributed by atoms with E-state index in [0.29, 0.717) is 34.0 Å². The number of amides is 1. The molecule has 0 aliphatic carbocycles. The van der Waals surface area contributed by atoms with Crippen LogP contribution in [0.4, 0.5) is 5.69 Å². The van der Waals surface area contributed by atoms with Crippen LogP contribution < -0.4 is 19.7 Å².